The summed E-state index contributed by atoms with van der Waals surface area (Å²) >= 11 is 0. The summed E-state index contributed by atoms with van der Waals surface area (Å²) in [6.45, 7) is 4.85. The monoisotopic (exact) mass is 596 g/mol. The lowest BCUT2D eigenvalue weighted by atomic mass is 9.62. The number of hydrogen-bond donors (Lipinski definition) is 5. The number of nitrogens with zero attached hydrogens (tertiary/aromatic N) is 1. The molecule has 39 heavy (non-hydrogen) atoms. The van der Waals surface area contributed by atoms with Gasteiger partial charge in [0.2, 0.25) is 27.3 Å². The molecule has 5 N–H and O–H groups in total. The van der Waals surface area contributed by atoms with E-state index in [1.165, 1.54) is 10.6 Å². The zero-order valence-corrected chi connectivity index (χ0v) is 24.1. The number of hydrogen-bond acceptors (Lipinski definition) is 9. The first-order chi connectivity index (χ1) is 18.0. The van der Waals surface area contributed by atoms with Gasteiger partial charge in [0.15, 0.2) is 0 Å². The Morgan fingerprint density at radius 2 is 1.77 bits per heavy atom. The maximum atomic E-state index is 13.1. The van der Waals surface area contributed by atoms with E-state index in [0.717, 1.165) is 0 Å². The summed E-state index contributed by atoms with van der Waals surface area (Å²) in [4.78, 5) is 37.8. The van der Waals surface area contributed by atoms with Gasteiger partial charge in [-0.25, -0.2) is 17.5 Å². The largest absolute Gasteiger partial charge is 0.446 e. The van der Waals surface area contributed by atoms with Gasteiger partial charge < -0.3 is 25.8 Å². The predicted octanol–water partition coefficient (Wildman–Crippen LogP) is -0.451. The maximum Gasteiger partial charge on any atom is 0.408 e. The second-order valence-corrected chi connectivity index (χ2v) is 15.0. The van der Waals surface area contributed by atoms with E-state index in [4.69, 9.17) is 4.74 Å². The molecule has 1 saturated carbocycles. The predicted molar refractivity (Wildman–Crippen MR) is 139 cm³/mol. The first-order valence-electron chi connectivity index (χ1n) is 13.1. The van der Waals surface area contributed by atoms with Crippen molar-refractivity contribution in [3.05, 3.63) is 0 Å². The number of alkyl carbamates (subject to hydrolysis) is 1. The molecule has 0 aromatic rings. The van der Waals surface area contributed by atoms with Crippen molar-refractivity contribution >= 4 is 38.0 Å². The number of amides is 3. The van der Waals surface area contributed by atoms with Gasteiger partial charge in [-0.1, -0.05) is 13.8 Å². The molecule has 3 rings (SSSR count). The molecule has 3 amide bonds. The number of sulfonamides is 1. The molecule has 4 unspecified atom stereocenters. The number of nitrogens with one attached hydrogen (secondary N) is 3. The van der Waals surface area contributed by atoms with Crippen LogP contribution in [0.3, 0.4) is 0 Å². The van der Waals surface area contributed by atoms with Gasteiger partial charge in [0.05, 0.1) is 12.3 Å². The van der Waals surface area contributed by atoms with Gasteiger partial charge in [-0.05, 0) is 56.3 Å². The Morgan fingerprint density at radius 3 is 2.26 bits per heavy atom. The third-order valence-electron chi connectivity index (χ3n) is 7.84. The van der Waals surface area contributed by atoms with Crippen LogP contribution in [0, 0.1) is 17.3 Å². The average Bonchev–Trinajstić information content (AvgIpc) is 3.19. The zero-order valence-electron chi connectivity index (χ0n) is 22.5. The van der Waals surface area contributed by atoms with Crippen LogP contribution in [-0.4, -0.2) is 98.2 Å². The Balaban J connectivity index is 1.57. The molecule has 3 fully saturated rings. The fourth-order valence-corrected chi connectivity index (χ4v) is 7.07. The number of carbonyl (C=O) groups is 3. The van der Waals surface area contributed by atoms with Gasteiger partial charge in [-0.2, -0.15) is 8.42 Å². The van der Waals surface area contributed by atoms with Crippen LogP contribution in [0.1, 0.15) is 58.8 Å². The highest BCUT2D eigenvalue weighted by Gasteiger charge is 2.48. The standard InChI is InChI=1S/C23H40N4O10S2/c1-14(2)10-17(20(29)25-18(21(30)39(34,35)36)11-15-4-7-24-19(15)28)26-22(31)37-16-12-23(13-16)5-8-27(9-6-23)38(3,32)33/h14-18,21,30H,4-13H2,1-3H3,(H,24,28)(H,25,29)(H,26,31)(H,34,35,36). The Morgan fingerprint density at radius 1 is 1.15 bits per heavy atom. The van der Waals surface area contributed by atoms with Gasteiger partial charge >= 0.3 is 6.09 Å². The molecule has 2 heterocycles. The molecule has 0 radical (unpaired) electrons. The molecule has 2 saturated heterocycles. The van der Waals surface area contributed by atoms with Crippen molar-refractivity contribution < 1.29 is 45.6 Å². The van der Waals surface area contributed by atoms with Crippen molar-refractivity contribution in [1.29, 1.82) is 0 Å². The molecular formula is C23H40N4O10S2. The normalized spacial score (nSPS) is 24.5. The molecule has 224 valence electrons. The Labute approximate surface area is 229 Å². The van der Waals surface area contributed by atoms with E-state index in [1.54, 1.807) is 0 Å². The molecule has 4 atom stereocenters. The second kappa shape index (κ2) is 12.2. The van der Waals surface area contributed by atoms with Crippen LogP contribution < -0.4 is 16.0 Å². The molecule has 2 aliphatic heterocycles. The highest BCUT2D eigenvalue weighted by molar-refractivity contribution is 7.88. The van der Waals surface area contributed by atoms with Crippen LogP contribution >= 0.6 is 0 Å². The van der Waals surface area contributed by atoms with Gasteiger partial charge in [-0.15, -0.1) is 0 Å². The number of aliphatic hydroxyl groups is 1. The summed E-state index contributed by atoms with van der Waals surface area (Å²) in [5.41, 5.74) is -2.44. The van der Waals surface area contributed by atoms with Crippen LogP contribution in [0.15, 0.2) is 0 Å². The summed E-state index contributed by atoms with van der Waals surface area (Å²) in [6.07, 6.45) is 2.83. The van der Waals surface area contributed by atoms with Crippen molar-refractivity contribution in [2.45, 2.75) is 82.4 Å². The van der Waals surface area contributed by atoms with Crippen molar-refractivity contribution in [3.63, 3.8) is 0 Å². The number of piperidine rings is 1. The molecular weight excluding hydrogens is 556 g/mol. The van der Waals surface area contributed by atoms with Crippen molar-refractivity contribution in [1.82, 2.24) is 20.3 Å². The molecule has 1 spiro atoms. The minimum absolute atomic E-state index is 0.0568. The molecule has 3 aliphatic rings. The van der Waals surface area contributed by atoms with Crippen molar-refractivity contribution in [2.75, 3.05) is 25.9 Å². The summed E-state index contributed by atoms with van der Waals surface area (Å²) in [5.74, 6) is -1.86. The topological polar surface area (TPSA) is 209 Å². The van der Waals surface area contributed by atoms with E-state index < -0.39 is 55.6 Å². The minimum atomic E-state index is -4.95. The van der Waals surface area contributed by atoms with Gasteiger partial charge in [0.25, 0.3) is 10.1 Å². The quantitative estimate of drug-likeness (QED) is 0.194. The Kier molecular flexibility index (Phi) is 9.89. The maximum absolute atomic E-state index is 13.1. The molecule has 1 aliphatic carbocycles. The van der Waals surface area contributed by atoms with Crippen LogP contribution in [0.25, 0.3) is 0 Å². The van der Waals surface area contributed by atoms with E-state index in [2.05, 4.69) is 16.0 Å². The number of carbonyl (C=O) groups excluding carboxylic acids is 3. The average molecular weight is 597 g/mol. The molecule has 0 aromatic heterocycles. The van der Waals surface area contributed by atoms with E-state index in [-0.39, 0.29) is 36.2 Å². The molecule has 16 heteroatoms. The fourth-order valence-electron chi connectivity index (χ4n) is 5.63. The molecule has 14 nitrogen and oxygen atoms in total. The SMILES string of the molecule is CC(C)CC(NC(=O)OC1CC2(CCN(S(C)(=O)=O)CC2)C1)C(=O)NC(CC1CCNC1=O)C(O)S(=O)(=O)O. The van der Waals surface area contributed by atoms with Crippen molar-refractivity contribution in [2.24, 2.45) is 17.3 Å². The Bertz CT molecular complexity index is 1130. The van der Waals surface area contributed by atoms with Gasteiger partial charge in [0, 0.05) is 25.6 Å². The highest BCUT2D eigenvalue weighted by atomic mass is 32.2. The van der Waals surface area contributed by atoms with Crippen LogP contribution in [0.2, 0.25) is 0 Å². The lowest BCUT2D eigenvalue weighted by Gasteiger charge is -2.50. The van der Waals surface area contributed by atoms with Crippen LogP contribution in [0.4, 0.5) is 4.79 Å². The number of ether oxygens (including phenoxy) is 1. The fraction of sp³-hybridized carbons (Fsp3) is 0.870. The summed E-state index contributed by atoms with van der Waals surface area (Å²) in [7, 11) is -8.19. The third-order valence-corrected chi connectivity index (χ3v) is 10.1. The lowest BCUT2D eigenvalue weighted by Crippen LogP contribution is -2.56. The summed E-state index contributed by atoms with van der Waals surface area (Å²) in [6, 6.07) is -2.61. The minimum Gasteiger partial charge on any atom is -0.446 e. The highest BCUT2D eigenvalue weighted by Crippen LogP contribution is 2.50. The van der Waals surface area contributed by atoms with E-state index in [1.807, 2.05) is 13.8 Å². The second-order valence-electron chi connectivity index (χ2n) is 11.5. The number of rotatable bonds is 11. The summed E-state index contributed by atoms with van der Waals surface area (Å²) < 4.78 is 63.1. The van der Waals surface area contributed by atoms with Gasteiger partial charge in [0.1, 0.15) is 12.1 Å². The van der Waals surface area contributed by atoms with E-state index in [9.17, 15) is 40.9 Å². The van der Waals surface area contributed by atoms with Gasteiger partial charge in [-0.3, -0.25) is 14.1 Å². The van der Waals surface area contributed by atoms with E-state index >= 15 is 0 Å². The summed E-state index contributed by atoms with van der Waals surface area (Å²) in [5, 5.41) is 17.7. The Hall–Kier alpha value is -2.01. The van der Waals surface area contributed by atoms with Crippen molar-refractivity contribution in [3.8, 4) is 0 Å². The van der Waals surface area contributed by atoms with Crippen LogP contribution in [-0.2, 0) is 34.5 Å². The van der Waals surface area contributed by atoms with Crippen LogP contribution in [0.5, 0.6) is 0 Å². The molecule has 0 bridgehead atoms. The molecule has 0 aromatic carbocycles. The number of aliphatic hydroxyl groups excluding tert-OH is 1. The first-order valence-corrected chi connectivity index (χ1v) is 16.5. The van der Waals surface area contributed by atoms with E-state index in [0.29, 0.717) is 51.7 Å². The smallest absolute Gasteiger partial charge is 0.408 e. The lowest BCUT2D eigenvalue weighted by molar-refractivity contribution is -0.126. The zero-order chi connectivity index (χ0) is 29.2. The third kappa shape index (κ3) is 8.49. The first kappa shape index (κ1) is 31.5.